The summed E-state index contributed by atoms with van der Waals surface area (Å²) in [6, 6.07) is 2.51. The number of nitrogens with two attached hydrogens (primary N) is 1. The van der Waals surface area contributed by atoms with Crippen molar-refractivity contribution < 1.29 is 0 Å². The first-order chi connectivity index (χ1) is 8.70. The van der Waals surface area contributed by atoms with E-state index in [4.69, 9.17) is 11.0 Å². The van der Waals surface area contributed by atoms with Crippen LogP contribution in [0.3, 0.4) is 0 Å². The Bertz CT molecular complexity index is 314. The summed E-state index contributed by atoms with van der Waals surface area (Å²) < 4.78 is 0. The standard InChI is InChI=1S/C15H27N3/c1-3-4-5-6-7-8-9-10-14-15(17)13(11-16)12-18(14)2/h14H,3-10,12,17H2,1-2H3. The first-order valence-electron chi connectivity index (χ1n) is 7.29. The maximum Gasteiger partial charge on any atom is 0.0979 e. The lowest BCUT2D eigenvalue weighted by atomic mass is 10.0. The van der Waals surface area contributed by atoms with Crippen LogP contribution in [0.25, 0.3) is 0 Å². The minimum absolute atomic E-state index is 0.301. The van der Waals surface area contributed by atoms with Crippen molar-refractivity contribution in [2.75, 3.05) is 13.6 Å². The van der Waals surface area contributed by atoms with Crippen LogP contribution in [-0.4, -0.2) is 24.5 Å². The van der Waals surface area contributed by atoms with Gasteiger partial charge in [-0.05, 0) is 13.5 Å². The molecule has 0 fully saturated rings. The number of unbranched alkanes of at least 4 members (excludes halogenated alkanes) is 6. The second-order valence-electron chi connectivity index (χ2n) is 5.39. The van der Waals surface area contributed by atoms with Crippen LogP contribution in [-0.2, 0) is 0 Å². The molecule has 0 saturated carbocycles. The molecule has 3 nitrogen and oxygen atoms in total. The second-order valence-corrected chi connectivity index (χ2v) is 5.39. The van der Waals surface area contributed by atoms with E-state index in [9.17, 15) is 0 Å². The van der Waals surface area contributed by atoms with Crippen LogP contribution in [0, 0.1) is 11.3 Å². The number of rotatable bonds is 8. The van der Waals surface area contributed by atoms with E-state index in [2.05, 4.69) is 24.9 Å². The van der Waals surface area contributed by atoms with Gasteiger partial charge in [0.25, 0.3) is 0 Å². The van der Waals surface area contributed by atoms with Crippen LogP contribution in [0.15, 0.2) is 11.3 Å². The zero-order valence-corrected chi connectivity index (χ0v) is 11.9. The largest absolute Gasteiger partial charge is 0.400 e. The van der Waals surface area contributed by atoms with Crippen molar-refractivity contribution in [3.63, 3.8) is 0 Å². The van der Waals surface area contributed by atoms with Crippen LogP contribution in [0.4, 0.5) is 0 Å². The molecule has 0 amide bonds. The maximum atomic E-state index is 8.95. The Morgan fingerprint density at radius 1 is 1.22 bits per heavy atom. The molecule has 0 aromatic heterocycles. The van der Waals surface area contributed by atoms with E-state index in [1.165, 1.54) is 44.9 Å². The van der Waals surface area contributed by atoms with E-state index >= 15 is 0 Å². The number of hydrogen-bond donors (Lipinski definition) is 1. The Balaban J connectivity index is 2.16. The van der Waals surface area contributed by atoms with Crippen molar-refractivity contribution in [3.05, 3.63) is 11.3 Å². The van der Waals surface area contributed by atoms with Gasteiger partial charge in [0.1, 0.15) is 0 Å². The molecule has 1 unspecified atom stereocenters. The molecule has 0 aromatic carbocycles. The van der Waals surface area contributed by atoms with E-state index in [0.717, 1.165) is 24.2 Å². The third kappa shape index (κ3) is 4.34. The second kappa shape index (κ2) is 8.16. The molecular formula is C15H27N3. The minimum Gasteiger partial charge on any atom is -0.400 e. The highest BCUT2D eigenvalue weighted by molar-refractivity contribution is 5.35. The van der Waals surface area contributed by atoms with Gasteiger partial charge in [-0.15, -0.1) is 0 Å². The summed E-state index contributed by atoms with van der Waals surface area (Å²) in [4.78, 5) is 2.20. The van der Waals surface area contributed by atoms with Crippen molar-refractivity contribution in [2.45, 2.75) is 64.3 Å². The predicted molar refractivity (Wildman–Crippen MR) is 75.9 cm³/mol. The number of likely N-dealkylation sites (N-methyl/N-ethyl adjacent to an activating group) is 1. The zero-order chi connectivity index (χ0) is 13.4. The van der Waals surface area contributed by atoms with Crippen LogP contribution < -0.4 is 5.73 Å². The fourth-order valence-electron chi connectivity index (χ4n) is 2.66. The van der Waals surface area contributed by atoms with Gasteiger partial charge < -0.3 is 5.73 Å². The third-order valence-corrected chi connectivity index (χ3v) is 3.86. The summed E-state index contributed by atoms with van der Waals surface area (Å²) in [7, 11) is 2.06. The van der Waals surface area contributed by atoms with E-state index < -0.39 is 0 Å². The molecule has 18 heavy (non-hydrogen) atoms. The van der Waals surface area contributed by atoms with Gasteiger partial charge in [-0.1, -0.05) is 51.9 Å². The van der Waals surface area contributed by atoms with Gasteiger partial charge in [-0.2, -0.15) is 5.26 Å². The van der Waals surface area contributed by atoms with E-state index in [1.807, 2.05) is 0 Å². The molecule has 3 heteroatoms. The summed E-state index contributed by atoms with van der Waals surface area (Å²) in [5.74, 6) is 0. The fourth-order valence-corrected chi connectivity index (χ4v) is 2.66. The predicted octanol–water partition coefficient (Wildman–Crippen LogP) is 3.18. The molecule has 0 radical (unpaired) electrons. The Morgan fingerprint density at radius 2 is 1.83 bits per heavy atom. The van der Waals surface area contributed by atoms with Crippen LogP contribution in [0.2, 0.25) is 0 Å². The first kappa shape index (κ1) is 15.0. The van der Waals surface area contributed by atoms with Gasteiger partial charge in [0.2, 0.25) is 0 Å². The molecule has 1 heterocycles. The van der Waals surface area contributed by atoms with Gasteiger partial charge in [0.15, 0.2) is 0 Å². The summed E-state index contributed by atoms with van der Waals surface area (Å²) >= 11 is 0. The maximum absolute atomic E-state index is 8.95. The molecule has 1 rings (SSSR count). The average Bonchev–Trinajstić information content (AvgIpc) is 2.64. The summed E-state index contributed by atoms with van der Waals surface area (Å²) in [5.41, 5.74) is 7.60. The highest BCUT2D eigenvalue weighted by Crippen LogP contribution is 2.23. The molecule has 0 saturated heterocycles. The lowest BCUT2D eigenvalue weighted by Gasteiger charge is -2.20. The molecule has 1 aliphatic rings. The Morgan fingerprint density at radius 3 is 2.39 bits per heavy atom. The normalized spacial score (nSPS) is 20.4. The van der Waals surface area contributed by atoms with Gasteiger partial charge in [-0.3, -0.25) is 4.90 Å². The van der Waals surface area contributed by atoms with Gasteiger partial charge in [0, 0.05) is 12.2 Å². The Labute approximate surface area is 112 Å². The van der Waals surface area contributed by atoms with Gasteiger partial charge >= 0.3 is 0 Å². The van der Waals surface area contributed by atoms with Crippen LogP contribution >= 0.6 is 0 Å². The molecule has 2 N–H and O–H groups in total. The quantitative estimate of drug-likeness (QED) is 0.672. The van der Waals surface area contributed by atoms with E-state index in [0.29, 0.717) is 6.04 Å². The van der Waals surface area contributed by atoms with Crippen molar-refractivity contribution in [3.8, 4) is 6.07 Å². The van der Waals surface area contributed by atoms with Gasteiger partial charge in [0.05, 0.1) is 17.7 Å². The Hall–Kier alpha value is -1.01. The molecule has 1 atom stereocenters. The summed E-state index contributed by atoms with van der Waals surface area (Å²) in [6.45, 7) is 2.97. The topological polar surface area (TPSA) is 53.1 Å². The van der Waals surface area contributed by atoms with Crippen molar-refractivity contribution in [2.24, 2.45) is 5.73 Å². The molecule has 0 aromatic rings. The highest BCUT2D eigenvalue weighted by Gasteiger charge is 2.27. The molecule has 1 aliphatic heterocycles. The third-order valence-electron chi connectivity index (χ3n) is 3.86. The van der Waals surface area contributed by atoms with Crippen molar-refractivity contribution in [1.82, 2.24) is 4.90 Å². The zero-order valence-electron chi connectivity index (χ0n) is 11.9. The molecule has 0 aliphatic carbocycles. The van der Waals surface area contributed by atoms with E-state index in [1.54, 1.807) is 0 Å². The van der Waals surface area contributed by atoms with Crippen LogP contribution in [0.5, 0.6) is 0 Å². The van der Waals surface area contributed by atoms with E-state index in [-0.39, 0.29) is 0 Å². The monoisotopic (exact) mass is 249 g/mol. The van der Waals surface area contributed by atoms with Crippen molar-refractivity contribution >= 4 is 0 Å². The number of nitriles is 1. The SMILES string of the molecule is CCCCCCCCCC1C(N)=C(C#N)CN1C. The fraction of sp³-hybridized carbons (Fsp3) is 0.800. The molecule has 0 bridgehead atoms. The minimum atomic E-state index is 0.301. The molecule has 102 valence electrons. The summed E-state index contributed by atoms with van der Waals surface area (Å²) in [6.07, 6.45) is 10.4. The van der Waals surface area contributed by atoms with Crippen LogP contribution in [0.1, 0.15) is 58.3 Å². The lowest BCUT2D eigenvalue weighted by molar-refractivity contribution is 0.300. The number of nitrogens with zero attached hydrogens (tertiary/aromatic N) is 2. The summed E-state index contributed by atoms with van der Waals surface area (Å²) in [5, 5.41) is 8.95. The highest BCUT2D eigenvalue weighted by atomic mass is 15.2. The lowest BCUT2D eigenvalue weighted by Crippen LogP contribution is -2.30. The smallest absolute Gasteiger partial charge is 0.0979 e. The molecule has 0 spiro atoms. The molecular weight excluding hydrogens is 222 g/mol. The van der Waals surface area contributed by atoms with Crippen molar-refractivity contribution in [1.29, 1.82) is 5.26 Å². The number of hydrogen-bond acceptors (Lipinski definition) is 3. The average molecular weight is 249 g/mol. The first-order valence-corrected chi connectivity index (χ1v) is 7.29. The Kier molecular flexibility index (Phi) is 6.82. The van der Waals surface area contributed by atoms with Gasteiger partial charge in [-0.25, -0.2) is 0 Å².